The molecule has 0 saturated heterocycles. The fourth-order valence-electron chi connectivity index (χ4n) is 2.80. The Balaban J connectivity index is 1.88. The molecule has 19 heavy (non-hydrogen) atoms. The highest BCUT2D eigenvalue weighted by molar-refractivity contribution is 6.18. The fraction of sp³-hybridized carbons (Fsp3) is 0.615. The summed E-state index contributed by atoms with van der Waals surface area (Å²) in [6.45, 7) is 1.94. The maximum atomic E-state index is 6.07. The number of aromatic nitrogens is 4. The highest BCUT2D eigenvalue weighted by Gasteiger charge is 2.25. The molecule has 1 N–H and O–H groups in total. The number of hydrogen-bond acceptors (Lipinski definition) is 4. The zero-order chi connectivity index (χ0) is 13.2. The van der Waals surface area contributed by atoms with Gasteiger partial charge in [0, 0.05) is 24.3 Å². The summed E-state index contributed by atoms with van der Waals surface area (Å²) in [6, 6.07) is 0.391. The summed E-state index contributed by atoms with van der Waals surface area (Å²) in [4.78, 5) is 4.41. The molecule has 0 bridgehead atoms. The average Bonchev–Trinajstić information content (AvgIpc) is 2.82. The molecule has 6 heteroatoms. The second-order valence-electron chi connectivity index (χ2n) is 5.17. The Labute approximate surface area is 117 Å². The molecule has 5 nitrogen and oxygen atoms in total. The van der Waals surface area contributed by atoms with E-state index in [9.17, 15) is 0 Å². The quantitative estimate of drug-likeness (QED) is 0.878. The van der Waals surface area contributed by atoms with Crippen LogP contribution in [-0.2, 0) is 0 Å². The molecule has 2 aromatic heterocycles. The van der Waals surface area contributed by atoms with Crippen molar-refractivity contribution in [1.82, 2.24) is 19.6 Å². The van der Waals surface area contributed by atoms with Gasteiger partial charge in [0.1, 0.15) is 5.82 Å². The SMILES string of the molecule is Cc1nnc2c(NC3CCCCC3CCl)nccn12. The minimum absolute atomic E-state index is 0.391. The van der Waals surface area contributed by atoms with E-state index in [2.05, 4.69) is 20.5 Å². The largest absolute Gasteiger partial charge is 0.364 e. The van der Waals surface area contributed by atoms with Crippen LogP contribution in [0, 0.1) is 12.8 Å². The molecule has 2 aromatic rings. The van der Waals surface area contributed by atoms with Gasteiger partial charge in [0.2, 0.25) is 5.65 Å². The lowest BCUT2D eigenvalue weighted by Gasteiger charge is -2.31. The van der Waals surface area contributed by atoms with Crippen LogP contribution >= 0.6 is 11.6 Å². The van der Waals surface area contributed by atoms with Crippen molar-refractivity contribution in [1.29, 1.82) is 0 Å². The number of anilines is 1. The van der Waals surface area contributed by atoms with Gasteiger partial charge < -0.3 is 5.32 Å². The number of fused-ring (bicyclic) bond motifs is 1. The topological polar surface area (TPSA) is 55.1 Å². The fourth-order valence-corrected chi connectivity index (χ4v) is 3.17. The highest BCUT2D eigenvalue weighted by Crippen LogP contribution is 2.28. The van der Waals surface area contributed by atoms with Crippen LogP contribution in [0.3, 0.4) is 0 Å². The molecular formula is C13H18ClN5. The predicted molar refractivity (Wildman–Crippen MR) is 75.6 cm³/mol. The lowest BCUT2D eigenvalue weighted by Crippen LogP contribution is -2.33. The Hall–Kier alpha value is -1.36. The van der Waals surface area contributed by atoms with E-state index in [-0.39, 0.29) is 0 Å². The van der Waals surface area contributed by atoms with Crippen LogP contribution in [0.25, 0.3) is 5.65 Å². The standard InChI is InChI=1S/C13H18ClN5/c1-9-17-18-13-12(15-6-7-19(9)13)16-11-5-3-2-4-10(11)8-14/h6-7,10-11H,2-5,8H2,1H3,(H,15,16). The van der Waals surface area contributed by atoms with Gasteiger partial charge in [-0.05, 0) is 25.7 Å². The molecule has 2 unspecified atom stereocenters. The third-order valence-electron chi connectivity index (χ3n) is 3.93. The molecule has 1 aliphatic rings. The summed E-state index contributed by atoms with van der Waals surface area (Å²) in [5.74, 6) is 2.90. The van der Waals surface area contributed by atoms with Crippen molar-refractivity contribution in [2.75, 3.05) is 11.2 Å². The van der Waals surface area contributed by atoms with E-state index in [1.807, 2.05) is 17.5 Å². The lowest BCUT2D eigenvalue weighted by atomic mass is 9.86. The zero-order valence-electron chi connectivity index (χ0n) is 11.0. The molecule has 3 rings (SSSR count). The van der Waals surface area contributed by atoms with E-state index in [0.29, 0.717) is 17.8 Å². The maximum absolute atomic E-state index is 6.07. The van der Waals surface area contributed by atoms with Crippen molar-refractivity contribution in [3.8, 4) is 0 Å². The molecule has 1 saturated carbocycles. The summed E-state index contributed by atoms with van der Waals surface area (Å²) in [5, 5.41) is 11.8. The van der Waals surface area contributed by atoms with Crippen LogP contribution in [0.4, 0.5) is 5.82 Å². The molecule has 0 radical (unpaired) electrons. The number of hydrogen-bond donors (Lipinski definition) is 1. The van der Waals surface area contributed by atoms with E-state index >= 15 is 0 Å². The van der Waals surface area contributed by atoms with Crippen LogP contribution in [0.5, 0.6) is 0 Å². The summed E-state index contributed by atoms with van der Waals surface area (Å²) in [5.41, 5.74) is 0.791. The average molecular weight is 280 g/mol. The summed E-state index contributed by atoms with van der Waals surface area (Å²) in [7, 11) is 0. The molecule has 102 valence electrons. The van der Waals surface area contributed by atoms with Crippen molar-refractivity contribution in [3.63, 3.8) is 0 Å². The monoisotopic (exact) mass is 279 g/mol. The van der Waals surface area contributed by atoms with Crippen LogP contribution in [0.15, 0.2) is 12.4 Å². The minimum Gasteiger partial charge on any atom is -0.364 e. The molecule has 2 atom stereocenters. The molecule has 1 aliphatic carbocycles. The number of alkyl halides is 1. The summed E-state index contributed by atoms with van der Waals surface area (Å²) >= 11 is 6.07. The third kappa shape index (κ3) is 2.39. The molecule has 0 aromatic carbocycles. The first-order chi connectivity index (χ1) is 9.29. The molecule has 0 aliphatic heterocycles. The molecule has 0 amide bonds. The number of halogens is 1. The van der Waals surface area contributed by atoms with Crippen molar-refractivity contribution < 1.29 is 0 Å². The number of nitrogens with one attached hydrogen (secondary N) is 1. The Bertz CT molecular complexity index is 567. The van der Waals surface area contributed by atoms with E-state index in [1.165, 1.54) is 19.3 Å². The van der Waals surface area contributed by atoms with Crippen LogP contribution in [0.2, 0.25) is 0 Å². The minimum atomic E-state index is 0.391. The first-order valence-electron chi connectivity index (χ1n) is 6.78. The summed E-state index contributed by atoms with van der Waals surface area (Å²) in [6.07, 6.45) is 8.53. The van der Waals surface area contributed by atoms with Gasteiger partial charge in [-0.15, -0.1) is 21.8 Å². The van der Waals surface area contributed by atoms with Gasteiger partial charge in [-0.1, -0.05) is 12.8 Å². The van der Waals surface area contributed by atoms with Crippen LogP contribution in [0.1, 0.15) is 31.5 Å². The smallest absolute Gasteiger partial charge is 0.203 e. The molecule has 0 spiro atoms. The predicted octanol–water partition coefficient (Wildman–Crippen LogP) is 2.64. The van der Waals surface area contributed by atoms with Gasteiger partial charge in [0.05, 0.1) is 0 Å². The third-order valence-corrected chi connectivity index (χ3v) is 4.32. The van der Waals surface area contributed by atoms with E-state index in [0.717, 1.165) is 23.7 Å². The van der Waals surface area contributed by atoms with Gasteiger partial charge >= 0.3 is 0 Å². The summed E-state index contributed by atoms with van der Waals surface area (Å²) < 4.78 is 1.95. The van der Waals surface area contributed by atoms with E-state index < -0.39 is 0 Å². The Kier molecular flexibility index (Phi) is 3.55. The Morgan fingerprint density at radius 2 is 2.21 bits per heavy atom. The second kappa shape index (κ2) is 5.33. The number of nitrogens with zero attached hydrogens (tertiary/aromatic N) is 4. The molecule has 2 heterocycles. The van der Waals surface area contributed by atoms with E-state index in [1.54, 1.807) is 6.20 Å². The lowest BCUT2D eigenvalue weighted by molar-refractivity contribution is 0.352. The number of aryl methyl sites for hydroxylation is 1. The van der Waals surface area contributed by atoms with Gasteiger partial charge in [-0.3, -0.25) is 4.40 Å². The van der Waals surface area contributed by atoms with E-state index in [4.69, 9.17) is 11.6 Å². The van der Waals surface area contributed by atoms with Crippen LogP contribution < -0.4 is 5.32 Å². The normalized spacial score (nSPS) is 23.7. The maximum Gasteiger partial charge on any atom is 0.203 e. The Morgan fingerprint density at radius 1 is 1.37 bits per heavy atom. The van der Waals surface area contributed by atoms with Gasteiger partial charge in [-0.2, -0.15) is 0 Å². The van der Waals surface area contributed by atoms with Crippen LogP contribution in [-0.4, -0.2) is 31.5 Å². The number of rotatable bonds is 3. The van der Waals surface area contributed by atoms with Crippen molar-refractivity contribution in [3.05, 3.63) is 18.2 Å². The van der Waals surface area contributed by atoms with Gasteiger partial charge in [0.15, 0.2) is 5.82 Å². The van der Waals surface area contributed by atoms with Crippen molar-refractivity contribution in [2.24, 2.45) is 5.92 Å². The molecular weight excluding hydrogens is 262 g/mol. The molecule has 1 fully saturated rings. The second-order valence-corrected chi connectivity index (χ2v) is 5.47. The van der Waals surface area contributed by atoms with Gasteiger partial charge in [-0.25, -0.2) is 4.98 Å². The first kappa shape index (κ1) is 12.7. The first-order valence-corrected chi connectivity index (χ1v) is 7.32. The van der Waals surface area contributed by atoms with Crippen molar-refractivity contribution in [2.45, 2.75) is 38.6 Å². The Morgan fingerprint density at radius 3 is 3.05 bits per heavy atom. The van der Waals surface area contributed by atoms with Crippen molar-refractivity contribution >= 4 is 23.1 Å². The zero-order valence-corrected chi connectivity index (χ0v) is 11.8. The highest BCUT2D eigenvalue weighted by atomic mass is 35.5. The van der Waals surface area contributed by atoms with Gasteiger partial charge in [0.25, 0.3) is 0 Å².